The molecule has 0 spiro atoms. The number of benzene rings is 1. The summed E-state index contributed by atoms with van der Waals surface area (Å²) >= 11 is 1.75. The second-order valence-corrected chi connectivity index (χ2v) is 5.21. The third-order valence-electron chi connectivity index (χ3n) is 3.08. The Morgan fingerprint density at radius 2 is 1.75 bits per heavy atom. The zero-order valence-corrected chi connectivity index (χ0v) is 10.5. The van der Waals surface area contributed by atoms with Crippen LogP contribution >= 0.6 is 11.8 Å². The summed E-state index contributed by atoms with van der Waals surface area (Å²) in [7, 11) is 0. The van der Waals surface area contributed by atoms with Gasteiger partial charge in [-0.25, -0.2) is 0 Å². The van der Waals surface area contributed by atoms with E-state index in [1.54, 1.807) is 11.8 Å². The highest BCUT2D eigenvalue weighted by atomic mass is 32.2. The zero-order chi connectivity index (χ0) is 11.4. The Kier molecular flexibility index (Phi) is 4.13. The molecule has 2 rings (SSSR count). The molecule has 1 aromatic carbocycles. The van der Waals surface area contributed by atoms with Crippen molar-refractivity contribution >= 4 is 11.8 Å². The molecular formula is C13H19NOS. The molecule has 1 saturated carbocycles. The number of nitrogens with two attached hydrogens (primary N) is 1. The van der Waals surface area contributed by atoms with Crippen LogP contribution in [0.25, 0.3) is 0 Å². The fraction of sp³-hybridized carbons (Fsp3) is 0.538. The number of rotatable bonds is 3. The van der Waals surface area contributed by atoms with Gasteiger partial charge >= 0.3 is 0 Å². The van der Waals surface area contributed by atoms with Gasteiger partial charge < -0.3 is 10.5 Å². The van der Waals surface area contributed by atoms with Crippen molar-refractivity contribution in [3.8, 4) is 5.75 Å². The Hall–Kier alpha value is -0.670. The normalized spacial score (nSPS) is 25.4. The summed E-state index contributed by atoms with van der Waals surface area (Å²) in [4.78, 5) is 1.28. The summed E-state index contributed by atoms with van der Waals surface area (Å²) in [5, 5.41) is 0. The van der Waals surface area contributed by atoms with Gasteiger partial charge in [0.15, 0.2) is 0 Å². The van der Waals surface area contributed by atoms with Crippen LogP contribution in [0.4, 0.5) is 0 Å². The summed E-state index contributed by atoms with van der Waals surface area (Å²) in [6.07, 6.45) is 6.80. The third-order valence-corrected chi connectivity index (χ3v) is 3.82. The minimum Gasteiger partial charge on any atom is -0.490 e. The summed E-state index contributed by atoms with van der Waals surface area (Å²) in [5.74, 6) is 0.985. The second kappa shape index (κ2) is 5.60. The molecular weight excluding hydrogens is 218 g/mol. The highest BCUT2D eigenvalue weighted by Gasteiger charge is 2.19. The predicted octanol–water partition coefficient (Wildman–Crippen LogP) is 3.06. The average Bonchev–Trinajstić information content (AvgIpc) is 2.33. The van der Waals surface area contributed by atoms with Gasteiger partial charge in [-0.1, -0.05) is 0 Å². The molecule has 1 fully saturated rings. The smallest absolute Gasteiger partial charge is 0.119 e. The Morgan fingerprint density at radius 3 is 2.31 bits per heavy atom. The van der Waals surface area contributed by atoms with Gasteiger partial charge in [0, 0.05) is 10.9 Å². The van der Waals surface area contributed by atoms with Gasteiger partial charge in [-0.2, -0.15) is 0 Å². The van der Waals surface area contributed by atoms with Crippen molar-refractivity contribution in [1.82, 2.24) is 0 Å². The van der Waals surface area contributed by atoms with Gasteiger partial charge in [0.2, 0.25) is 0 Å². The van der Waals surface area contributed by atoms with Gasteiger partial charge in [-0.3, -0.25) is 0 Å². The minimum absolute atomic E-state index is 0.361. The van der Waals surface area contributed by atoms with E-state index in [9.17, 15) is 0 Å². The van der Waals surface area contributed by atoms with Gasteiger partial charge in [-0.15, -0.1) is 11.8 Å². The first-order chi connectivity index (χ1) is 7.78. The SMILES string of the molecule is CSc1ccc(OC2CCC(N)CC2)cc1. The fourth-order valence-corrected chi connectivity index (χ4v) is 2.46. The fourth-order valence-electron chi connectivity index (χ4n) is 2.05. The third kappa shape index (κ3) is 3.16. The number of thioether (sulfide) groups is 1. The summed E-state index contributed by atoms with van der Waals surface area (Å²) < 4.78 is 5.94. The molecule has 1 aromatic rings. The van der Waals surface area contributed by atoms with E-state index >= 15 is 0 Å². The van der Waals surface area contributed by atoms with Gasteiger partial charge in [0.25, 0.3) is 0 Å². The first-order valence-corrected chi connectivity index (χ1v) is 7.06. The van der Waals surface area contributed by atoms with E-state index in [0.29, 0.717) is 12.1 Å². The second-order valence-electron chi connectivity index (χ2n) is 4.33. The monoisotopic (exact) mass is 237 g/mol. The lowest BCUT2D eigenvalue weighted by Crippen LogP contribution is -2.31. The maximum Gasteiger partial charge on any atom is 0.119 e. The van der Waals surface area contributed by atoms with E-state index in [2.05, 4.69) is 30.5 Å². The van der Waals surface area contributed by atoms with Crippen molar-refractivity contribution in [2.45, 2.75) is 42.7 Å². The van der Waals surface area contributed by atoms with Gasteiger partial charge in [0.1, 0.15) is 5.75 Å². The number of ether oxygens (including phenoxy) is 1. The molecule has 0 atom stereocenters. The molecule has 2 nitrogen and oxygen atoms in total. The van der Waals surface area contributed by atoms with E-state index in [-0.39, 0.29) is 0 Å². The predicted molar refractivity (Wildman–Crippen MR) is 69.1 cm³/mol. The van der Waals surface area contributed by atoms with Crippen LogP contribution in [0.5, 0.6) is 5.75 Å². The molecule has 1 aliphatic carbocycles. The quantitative estimate of drug-likeness (QED) is 0.821. The van der Waals surface area contributed by atoms with Gasteiger partial charge in [-0.05, 0) is 56.2 Å². The maximum atomic E-state index is 5.94. The first kappa shape index (κ1) is 11.8. The van der Waals surface area contributed by atoms with Crippen LogP contribution in [0.3, 0.4) is 0 Å². The van der Waals surface area contributed by atoms with Crippen LogP contribution in [0.15, 0.2) is 29.2 Å². The van der Waals surface area contributed by atoms with Crippen molar-refractivity contribution in [3.05, 3.63) is 24.3 Å². The van der Waals surface area contributed by atoms with E-state index < -0.39 is 0 Å². The van der Waals surface area contributed by atoms with Crippen LogP contribution in [-0.2, 0) is 0 Å². The first-order valence-electron chi connectivity index (χ1n) is 5.84. The standard InChI is InChI=1S/C13H19NOS/c1-16-13-8-6-12(7-9-13)15-11-4-2-10(14)3-5-11/h6-11H,2-5,14H2,1H3. The van der Waals surface area contributed by atoms with Crippen molar-refractivity contribution in [3.63, 3.8) is 0 Å². The maximum absolute atomic E-state index is 5.94. The van der Waals surface area contributed by atoms with E-state index in [0.717, 1.165) is 31.4 Å². The molecule has 0 bridgehead atoms. The molecule has 3 heteroatoms. The van der Waals surface area contributed by atoms with Crippen molar-refractivity contribution in [2.75, 3.05) is 6.26 Å². The van der Waals surface area contributed by atoms with Crippen LogP contribution in [0.1, 0.15) is 25.7 Å². The van der Waals surface area contributed by atoms with Crippen molar-refractivity contribution in [2.24, 2.45) is 5.73 Å². The molecule has 1 aliphatic rings. The van der Waals surface area contributed by atoms with Crippen LogP contribution < -0.4 is 10.5 Å². The Balaban J connectivity index is 1.88. The van der Waals surface area contributed by atoms with E-state index in [1.807, 2.05) is 0 Å². The topological polar surface area (TPSA) is 35.2 Å². The van der Waals surface area contributed by atoms with Crippen molar-refractivity contribution < 1.29 is 4.74 Å². The van der Waals surface area contributed by atoms with E-state index in [1.165, 1.54) is 4.90 Å². The molecule has 16 heavy (non-hydrogen) atoms. The van der Waals surface area contributed by atoms with Crippen LogP contribution in [0, 0.1) is 0 Å². The molecule has 0 saturated heterocycles. The highest BCUT2D eigenvalue weighted by molar-refractivity contribution is 7.98. The van der Waals surface area contributed by atoms with Crippen LogP contribution in [-0.4, -0.2) is 18.4 Å². The minimum atomic E-state index is 0.361. The Labute approximate surface area is 102 Å². The van der Waals surface area contributed by atoms with Gasteiger partial charge in [0.05, 0.1) is 6.10 Å². The zero-order valence-electron chi connectivity index (χ0n) is 9.69. The van der Waals surface area contributed by atoms with E-state index in [4.69, 9.17) is 10.5 Å². The van der Waals surface area contributed by atoms with Crippen molar-refractivity contribution in [1.29, 1.82) is 0 Å². The molecule has 0 heterocycles. The molecule has 0 radical (unpaired) electrons. The number of hydrogen-bond acceptors (Lipinski definition) is 3. The highest BCUT2D eigenvalue weighted by Crippen LogP contribution is 2.24. The summed E-state index contributed by atoms with van der Waals surface area (Å²) in [6.45, 7) is 0. The lowest BCUT2D eigenvalue weighted by atomic mass is 9.94. The Morgan fingerprint density at radius 1 is 1.12 bits per heavy atom. The molecule has 0 aliphatic heterocycles. The molecule has 0 aromatic heterocycles. The lowest BCUT2D eigenvalue weighted by molar-refractivity contribution is 0.147. The van der Waals surface area contributed by atoms with Crippen LogP contribution in [0.2, 0.25) is 0 Å². The summed E-state index contributed by atoms with van der Waals surface area (Å²) in [5.41, 5.74) is 5.87. The largest absolute Gasteiger partial charge is 0.490 e. The lowest BCUT2D eigenvalue weighted by Gasteiger charge is -2.26. The number of hydrogen-bond donors (Lipinski definition) is 1. The summed E-state index contributed by atoms with van der Waals surface area (Å²) in [6, 6.07) is 8.71. The molecule has 0 amide bonds. The molecule has 0 unspecified atom stereocenters. The molecule has 2 N–H and O–H groups in total. The Bertz CT molecular complexity index is 317. The molecule has 88 valence electrons. The average molecular weight is 237 g/mol.